The third kappa shape index (κ3) is 2.78. The van der Waals surface area contributed by atoms with E-state index in [1.54, 1.807) is 0 Å². The molecule has 102 valence electrons. The van der Waals surface area contributed by atoms with Gasteiger partial charge >= 0.3 is 0 Å². The Morgan fingerprint density at radius 3 is 2.50 bits per heavy atom. The lowest BCUT2D eigenvalue weighted by Gasteiger charge is -2.29. The molecule has 1 aliphatic heterocycles. The van der Waals surface area contributed by atoms with E-state index >= 15 is 0 Å². The lowest BCUT2D eigenvalue weighted by atomic mass is 9.89. The first-order chi connectivity index (χ1) is 9.53. The van der Waals surface area contributed by atoms with Crippen LogP contribution >= 0.6 is 15.9 Å². The van der Waals surface area contributed by atoms with Crippen LogP contribution in [0.2, 0.25) is 0 Å². The van der Waals surface area contributed by atoms with Crippen molar-refractivity contribution in [2.24, 2.45) is 4.99 Å². The molecule has 1 heterocycles. The molecule has 0 saturated heterocycles. The predicted molar refractivity (Wildman–Crippen MR) is 88.5 cm³/mol. The Morgan fingerprint density at radius 1 is 1.05 bits per heavy atom. The zero-order valence-electron chi connectivity index (χ0n) is 11.7. The van der Waals surface area contributed by atoms with Crippen molar-refractivity contribution in [2.45, 2.75) is 25.8 Å². The Morgan fingerprint density at radius 2 is 1.75 bits per heavy atom. The van der Waals surface area contributed by atoms with Crippen molar-refractivity contribution < 1.29 is 0 Å². The molecular weight excluding hydrogens is 312 g/mol. The van der Waals surface area contributed by atoms with Crippen molar-refractivity contribution in [1.82, 2.24) is 0 Å². The molecule has 1 aliphatic rings. The molecule has 0 amide bonds. The largest absolute Gasteiger partial charge is 0.340 e. The minimum Gasteiger partial charge on any atom is -0.340 e. The molecule has 3 rings (SSSR count). The molecular formula is C17H17BrN2. The van der Waals surface area contributed by atoms with Crippen molar-refractivity contribution in [3.8, 4) is 0 Å². The van der Waals surface area contributed by atoms with Crippen LogP contribution in [0.4, 0.5) is 5.69 Å². The summed E-state index contributed by atoms with van der Waals surface area (Å²) in [6, 6.07) is 16.6. The molecule has 20 heavy (non-hydrogen) atoms. The first-order valence-corrected chi connectivity index (χ1v) is 7.54. The van der Waals surface area contributed by atoms with Crippen molar-refractivity contribution in [1.29, 1.82) is 0 Å². The minimum atomic E-state index is -0.0634. The van der Waals surface area contributed by atoms with E-state index in [-0.39, 0.29) is 5.54 Å². The first-order valence-electron chi connectivity index (χ1n) is 6.74. The summed E-state index contributed by atoms with van der Waals surface area (Å²) < 4.78 is 1.08. The SMILES string of the molecule is CC1(C)Cc2ccccc2C(Nc2ccc(Br)cc2)=N1. The van der Waals surface area contributed by atoms with Crippen LogP contribution in [0.15, 0.2) is 58.0 Å². The van der Waals surface area contributed by atoms with Crippen molar-refractivity contribution in [3.05, 3.63) is 64.1 Å². The van der Waals surface area contributed by atoms with Gasteiger partial charge in [0.1, 0.15) is 5.84 Å². The second kappa shape index (κ2) is 5.06. The number of halogens is 1. The zero-order chi connectivity index (χ0) is 14.2. The molecule has 0 fully saturated rings. The van der Waals surface area contributed by atoms with Crippen LogP contribution in [0, 0.1) is 0 Å². The van der Waals surface area contributed by atoms with Crippen LogP contribution in [0.1, 0.15) is 25.0 Å². The molecule has 0 radical (unpaired) electrons. The lowest BCUT2D eigenvalue weighted by molar-refractivity contribution is 0.513. The number of anilines is 1. The van der Waals surface area contributed by atoms with Crippen LogP contribution in [-0.2, 0) is 6.42 Å². The molecule has 2 aromatic carbocycles. The minimum absolute atomic E-state index is 0.0634. The number of nitrogens with one attached hydrogen (secondary N) is 1. The molecule has 0 aromatic heterocycles. The van der Waals surface area contributed by atoms with Crippen LogP contribution in [0.5, 0.6) is 0 Å². The maximum Gasteiger partial charge on any atom is 0.133 e. The van der Waals surface area contributed by atoms with Gasteiger partial charge in [-0.25, -0.2) is 0 Å². The van der Waals surface area contributed by atoms with Gasteiger partial charge in [-0.1, -0.05) is 40.2 Å². The number of rotatable bonds is 1. The van der Waals surface area contributed by atoms with Gasteiger partial charge in [-0.3, -0.25) is 4.99 Å². The van der Waals surface area contributed by atoms with E-state index in [1.807, 2.05) is 12.1 Å². The van der Waals surface area contributed by atoms with Crippen LogP contribution in [0.3, 0.4) is 0 Å². The third-order valence-corrected chi connectivity index (χ3v) is 3.95. The quantitative estimate of drug-likeness (QED) is 0.810. The van der Waals surface area contributed by atoms with Crippen LogP contribution < -0.4 is 5.32 Å². The fourth-order valence-corrected chi connectivity index (χ4v) is 2.80. The number of fused-ring (bicyclic) bond motifs is 1. The number of hydrogen-bond acceptors (Lipinski definition) is 2. The summed E-state index contributed by atoms with van der Waals surface area (Å²) in [5, 5.41) is 3.45. The second-order valence-corrected chi connectivity index (χ2v) is 6.65. The molecule has 0 unspecified atom stereocenters. The predicted octanol–water partition coefficient (Wildman–Crippen LogP) is 4.64. The standard InChI is InChI=1S/C17H17BrN2/c1-17(2)11-12-5-3-4-6-15(12)16(20-17)19-14-9-7-13(18)8-10-14/h3-10H,11H2,1-2H3,(H,19,20). The van der Waals surface area contributed by atoms with E-state index in [0.717, 1.165) is 22.4 Å². The Labute approximate surface area is 128 Å². The fourth-order valence-electron chi connectivity index (χ4n) is 2.54. The smallest absolute Gasteiger partial charge is 0.133 e. The molecule has 0 aliphatic carbocycles. The zero-order valence-corrected chi connectivity index (χ0v) is 13.2. The van der Waals surface area contributed by atoms with E-state index in [2.05, 4.69) is 71.5 Å². The fraction of sp³-hybridized carbons (Fsp3) is 0.235. The average molecular weight is 329 g/mol. The maximum atomic E-state index is 4.87. The molecule has 0 spiro atoms. The average Bonchev–Trinajstić information content (AvgIpc) is 2.40. The van der Waals surface area contributed by atoms with E-state index < -0.39 is 0 Å². The van der Waals surface area contributed by atoms with Gasteiger partial charge in [0.15, 0.2) is 0 Å². The molecule has 0 saturated carbocycles. The lowest BCUT2D eigenvalue weighted by Crippen LogP contribution is -2.32. The highest BCUT2D eigenvalue weighted by atomic mass is 79.9. The molecule has 1 N–H and O–H groups in total. The summed E-state index contributed by atoms with van der Waals surface area (Å²) in [6.07, 6.45) is 0.981. The molecule has 0 atom stereocenters. The molecule has 0 bridgehead atoms. The first kappa shape index (κ1) is 13.4. The van der Waals surface area contributed by atoms with Gasteiger partial charge in [0.05, 0.1) is 5.54 Å². The van der Waals surface area contributed by atoms with Crippen LogP contribution in [-0.4, -0.2) is 11.4 Å². The van der Waals surface area contributed by atoms with Crippen molar-refractivity contribution in [3.63, 3.8) is 0 Å². The van der Waals surface area contributed by atoms with Gasteiger partial charge in [-0.15, -0.1) is 0 Å². The Bertz CT molecular complexity index is 657. The molecule has 3 heteroatoms. The van der Waals surface area contributed by atoms with Gasteiger partial charge < -0.3 is 5.32 Å². The summed E-state index contributed by atoms with van der Waals surface area (Å²) in [6.45, 7) is 4.35. The molecule has 2 nitrogen and oxygen atoms in total. The summed E-state index contributed by atoms with van der Waals surface area (Å²) in [7, 11) is 0. The highest BCUT2D eigenvalue weighted by Crippen LogP contribution is 2.27. The van der Waals surface area contributed by atoms with E-state index in [4.69, 9.17) is 4.99 Å². The monoisotopic (exact) mass is 328 g/mol. The van der Waals surface area contributed by atoms with Crippen molar-refractivity contribution in [2.75, 3.05) is 5.32 Å². The number of nitrogens with zero attached hydrogens (tertiary/aromatic N) is 1. The van der Waals surface area contributed by atoms with Gasteiger partial charge in [0.25, 0.3) is 0 Å². The number of hydrogen-bond donors (Lipinski definition) is 1. The Hall–Kier alpha value is -1.61. The summed E-state index contributed by atoms with van der Waals surface area (Å²) in [5.74, 6) is 0.958. The number of benzene rings is 2. The van der Waals surface area contributed by atoms with E-state index in [1.165, 1.54) is 11.1 Å². The van der Waals surface area contributed by atoms with Gasteiger partial charge in [0.2, 0.25) is 0 Å². The topological polar surface area (TPSA) is 24.4 Å². The number of amidine groups is 1. The molecule has 2 aromatic rings. The van der Waals surface area contributed by atoms with Gasteiger partial charge in [-0.2, -0.15) is 0 Å². The van der Waals surface area contributed by atoms with Gasteiger partial charge in [0, 0.05) is 15.7 Å². The number of aliphatic imine (C=N–C) groups is 1. The highest BCUT2D eigenvalue weighted by molar-refractivity contribution is 9.10. The summed E-state index contributed by atoms with van der Waals surface area (Å²) >= 11 is 3.46. The Balaban J connectivity index is 1.98. The van der Waals surface area contributed by atoms with E-state index in [0.29, 0.717) is 0 Å². The van der Waals surface area contributed by atoms with Crippen molar-refractivity contribution >= 4 is 27.5 Å². The third-order valence-electron chi connectivity index (χ3n) is 3.42. The highest BCUT2D eigenvalue weighted by Gasteiger charge is 2.26. The Kier molecular flexibility index (Phi) is 3.38. The second-order valence-electron chi connectivity index (χ2n) is 5.74. The summed E-state index contributed by atoms with van der Waals surface area (Å²) in [5.41, 5.74) is 3.55. The summed E-state index contributed by atoms with van der Waals surface area (Å²) in [4.78, 5) is 4.87. The van der Waals surface area contributed by atoms with Gasteiger partial charge in [-0.05, 0) is 50.1 Å². The maximum absolute atomic E-state index is 4.87. The van der Waals surface area contributed by atoms with Crippen LogP contribution in [0.25, 0.3) is 0 Å². The normalized spacial score (nSPS) is 16.2. The van der Waals surface area contributed by atoms with E-state index in [9.17, 15) is 0 Å².